The molecule has 2 rings (SSSR count). The first-order chi connectivity index (χ1) is 8.79. The summed E-state index contributed by atoms with van der Waals surface area (Å²) in [4.78, 5) is 15.4. The van der Waals surface area contributed by atoms with Gasteiger partial charge in [-0.3, -0.25) is 4.79 Å². The van der Waals surface area contributed by atoms with E-state index >= 15 is 0 Å². The number of nitrogens with one attached hydrogen (secondary N) is 2. The van der Waals surface area contributed by atoms with E-state index in [-0.39, 0.29) is 5.91 Å². The van der Waals surface area contributed by atoms with Gasteiger partial charge in [0.2, 0.25) is 5.91 Å². The number of amides is 1. The fourth-order valence-corrected chi connectivity index (χ4v) is 1.63. The minimum absolute atomic E-state index is 0.0942. The van der Waals surface area contributed by atoms with Crippen LogP contribution in [0.1, 0.15) is 30.5 Å². The Kier molecular flexibility index (Phi) is 4.26. The van der Waals surface area contributed by atoms with E-state index in [0.717, 1.165) is 18.4 Å². The normalized spacial score (nSPS) is 13.9. The van der Waals surface area contributed by atoms with Crippen LogP contribution in [0, 0.1) is 11.3 Å². The highest BCUT2D eigenvalue weighted by Gasteiger charge is 2.22. The molecular weight excluding hydrogens is 228 g/mol. The van der Waals surface area contributed by atoms with Crippen molar-refractivity contribution in [2.45, 2.75) is 31.8 Å². The summed E-state index contributed by atoms with van der Waals surface area (Å²) in [5, 5.41) is 14.9. The molecule has 1 aliphatic rings. The summed E-state index contributed by atoms with van der Waals surface area (Å²) >= 11 is 0. The van der Waals surface area contributed by atoms with Crippen LogP contribution in [0.3, 0.4) is 0 Å². The van der Waals surface area contributed by atoms with Gasteiger partial charge in [-0.1, -0.05) is 6.07 Å². The number of nitriles is 1. The molecule has 0 saturated heterocycles. The summed E-state index contributed by atoms with van der Waals surface area (Å²) in [5.41, 5.74) is 1.30. The fraction of sp³-hybridized carbons (Fsp3) is 0.462. The largest absolute Gasteiger partial charge is 0.353 e. The van der Waals surface area contributed by atoms with Crippen molar-refractivity contribution in [3.05, 3.63) is 29.6 Å². The van der Waals surface area contributed by atoms with E-state index in [1.165, 1.54) is 0 Å². The Morgan fingerprint density at radius 3 is 3.11 bits per heavy atom. The van der Waals surface area contributed by atoms with E-state index in [2.05, 4.69) is 15.6 Å². The Bertz CT molecular complexity index is 462. The number of nitrogens with zero attached hydrogens (tertiary/aromatic N) is 2. The Morgan fingerprint density at radius 2 is 2.39 bits per heavy atom. The molecule has 94 valence electrons. The van der Waals surface area contributed by atoms with Crippen LogP contribution in [0.25, 0.3) is 0 Å². The predicted octanol–water partition coefficient (Wildman–Crippen LogP) is 0.712. The van der Waals surface area contributed by atoms with E-state index in [4.69, 9.17) is 5.26 Å². The summed E-state index contributed by atoms with van der Waals surface area (Å²) in [6, 6.07) is 6.13. The maximum Gasteiger partial charge on any atom is 0.221 e. The van der Waals surface area contributed by atoms with Crippen molar-refractivity contribution in [2.24, 2.45) is 0 Å². The van der Waals surface area contributed by atoms with Crippen LogP contribution in [0.4, 0.5) is 0 Å². The minimum Gasteiger partial charge on any atom is -0.353 e. The average Bonchev–Trinajstić information content (AvgIpc) is 3.19. The van der Waals surface area contributed by atoms with Crippen molar-refractivity contribution in [2.75, 3.05) is 6.54 Å². The lowest BCUT2D eigenvalue weighted by Gasteiger charge is -2.06. The van der Waals surface area contributed by atoms with E-state index in [9.17, 15) is 4.79 Å². The molecule has 0 bridgehead atoms. The molecule has 2 N–H and O–H groups in total. The van der Waals surface area contributed by atoms with Crippen LogP contribution in [0.2, 0.25) is 0 Å². The highest BCUT2D eigenvalue weighted by Crippen LogP contribution is 2.18. The lowest BCUT2D eigenvalue weighted by Crippen LogP contribution is -2.29. The third-order valence-corrected chi connectivity index (χ3v) is 2.78. The molecule has 0 spiro atoms. The van der Waals surface area contributed by atoms with Crippen molar-refractivity contribution in [1.29, 1.82) is 5.26 Å². The first kappa shape index (κ1) is 12.5. The van der Waals surface area contributed by atoms with Crippen molar-refractivity contribution < 1.29 is 4.79 Å². The van der Waals surface area contributed by atoms with Crippen molar-refractivity contribution in [3.63, 3.8) is 0 Å². The van der Waals surface area contributed by atoms with Crippen LogP contribution >= 0.6 is 0 Å². The van der Waals surface area contributed by atoms with Crippen LogP contribution < -0.4 is 10.6 Å². The van der Waals surface area contributed by atoms with Crippen LogP contribution in [0.5, 0.6) is 0 Å². The van der Waals surface area contributed by atoms with Crippen LogP contribution in [0.15, 0.2) is 18.3 Å². The Hall–Kier alpha value is -1.93. The SMILES string of the molecule is N#Cc1ncccc1CNCCC(=O)NC1CC1. The second-order valence-electron chi connectivity index (χ2n) is 4.39. The smallest absolute Gasteiger partial charge is 0.221 e. The summed E-state index contributed by atoms with van der Waals surface area (Å²) in [6.07, 6.45) is 4.30. The number of pyridine rings is 1. The van der Waals surface area contributed by atoms with E-state index in [1.54, 1.807) is 12.3 Å². The predicted molar refractivity (Wildman–Crippen MR) is 66.4 cm³/mol. The Labute approximate surface area is 106 Å². The molecule has 0 aromatic carbocycles. The van der Waals surface area contributed by atoms with Gasteiger partial charge in [0.1, 0.15) is 11.8 Å². The van der Waals surface area contributed by atoms with Gasteiger partial charge in [0.05, 0.1) is 0 Å². The number of aromatic nitrogens is 1. The van der Waals surface area contributed by atoms with E-state index in [0.29, 0.717) is 31.2 Å². The number of rotatable bonds is 6. The quantitative estimate of drug-likeness (QED) is 0.722. The zero-order valence-corrected chi connectivity index (χ0v) is 10.1. The monoisotopic (exact) mass is 244 g/mol. The summed E-state index contributed by atoms with van der Waals surface area (Å²) in [6.45, 7) is 1.17. The van der Waals surface area contributed by atoms with Gasteiger partial charge >= 0.3 is 0 Å². The second kappa shape index (κ2) is 6.12. The molecule has 1 aromatic heterocycles. The van der Waals surface area contributed by atoms with Crippen molar-refractivity contribution in [3.8, 4) is 6.07 Å². The Balaban J connectivity index is 1.68. The van der Waals surface area contributed by atoms with Crippen LogP contribution in [-0.4, -0.2) is 23.5 Å². The molecule has 1 saturated carbocycles. The maximum atomic E-state index is 11.4. The van der Waals surface area contributed by atoms with Gasteiger partial charge in [-0.15, -0.1) is 0 Å². The first-order valence-corrected chi connectivity index (χ1v) is 6.13. The van der Waals surface area contributed by atoms with Gasteiger partial charge in [0.25, 0.3) is 0 Å². The number of hydrogen-bond acceptors (Lipinski definition) is 4. The van der Waals surface area contributed by atoms with Gasteiger partial charge in [-0.05, 0) is 18.9 Å². The molecule has 0 atom stereocenters. The Morgan fingerprint density at radius 1 is 1.56 bits per heavy atom. The summed E-state index contributed by atoms with van der Waals surface area (Å²) in [7, 11) is 0. The van der Waals surface area contributed by atoms with Gasteiger partial charge in [-0.2, -0.15) is 5.26 Å². The number of hydrogen-bond donors (Lipinski definition) is 2. The molecule has 5 nitrogen and oxygen atoms in total. The van der Waals surface area contributed by atoms with Gasteiger partial charge in [-0.25, -0.2) is 4.98 Å². The summed E-state index contributed by atoms with van der Waals surface area (Å²) in [5.74, 6) is 0.0942. The highest BCUT2D eigenvalue weighted by molar-refractivity contribution is 5.76. The molecule has 0 unspecified atom stereocenters. The standard InChI is InChI=1S/C13H16N4O/c14-8-12-10(2-1-6-16-12)9-15-7-5-13(18)17-11-3-4-11/h1-2,6,11,15H,3-5,7,9H2,(H,17,18). The molecule has 1 heterocycles. The van der Waals surface area contributed by atoms with Gasteiger partial charge < -0.3 is 10.6 Å². The first-order valence-electron chi connectivity index (χ1n) is 6.13. The molecule has 1 aliphatic carbocycles. The number of carbonyl (C=O) groups is 1. The van der Waals surface area contributed by atoms with Gasteiger partial charge in [0, 0.05) is 37.3 Å². The average molecular weight is 244 g/mol. The lowest BCUT2D eigenvalue weighted by atomic mass is 10.2. The van der Waals surface area contributed by atoms with Crippen molar-refractivity contribution >= 4 is 5.91 Å². The molecule has 0 aliphatic heterocycles. The second-order valence-corrected chi connectivity index (χ2v) is 4.39. The van der Waals surface area contributed by atoms with Crippen molar-refractivity contribution in [1.82, 2.24) is 15.6 Å². The maximum absolute atomic E-state index is 11.4. The highest BCUT2D eigenvalue weighted by atomic mass is 16.1. The summed E-state index contributed by atoms with van der Waals surface area (Å²) < 4.78 is 0. The molecule has 18 heavy (non-hydrogen) atoms. The van der Waals surface area contributed by atoms with Gasteiger partial charge in [0.15, 0.2) is 0 Å². The zero-order chi connectivity index (χ0) is 12.8. The van der Waals surface area contributed by atoms with E-state index in [1.807, 2.05) is 12.1 Å². The topological polar surface area (TPSA) is 77.8 Å². The lowest BCUT2D eigenvalue weighted by molar-refractivity contribution is -0.121. The van der Waals surface area contributed by atoms with Crippen LogP contribution in [-0.2, 0) is 11.3 Å². The molecule has 1 amide bonds. The fourth-order valence-electron chi connectivity index (χ4n) is 1.63. The molecule has 1 aromatic rings. The van der Waals surface area contributed by atoms with E-state index < -0.39 is 0 Å². The number of carbonyl (C=O) groups excluding carboxylic acids is 1. The molecule has 0 radical (unpaired) electrons. The third kappa shape index (κ3) is 3.82. The zero-order valence-electron chi connectivity index (χ0n) is 10.1. The minimum atomic E-state index is 0.0942. The molecular formula is C13H16N4O. The molecule has 1 fully saturated rings. The third-order valence-electron chi connectivity index (χ3n) is 2.78. The molecule has 5 heteroatoms.